The summed E-state index contributed by atoms with van der Waals surface area (Å²) in [6, 6.07) is 11.1. The van der Waals surface area contributed by atoms with Crippen LogP contribution >= 0.6 is 11.6 Å². The van der Waals surface area contributed by atoms with Gasteiger partial charge in [-0.2, -0.15) is 0 Å². The van der Waals surface area contributed by atoms with Crippen molar-refractivity contribution in [1.29, 1.82) is 0 Å². The van der Waals surface area contributed by atoms with Crippen LogP contribution < -0.4 is 10.4 Å². The molecule has 0 aliphatic rings. The van der Waals surface area contributed by atoms with Gasteiger partial charge in [-0.3, -0.25) is 10.1 Å². The summed E-state index contributed by atoms with van der Waals surface area (Å²) in [7, 11) is 0. The Balaban J connectivity index is 1.95. The fourth-order valence-corrected chi connectivity index (χ4v) is 2.19. The van der Waals surface area contributed by atoms with Gasteiger partial charge in [0, 0.05) is 17.2 Å². The molecule has 0 radical (unpaired) electrons. The molecular weight excluding hydrogens is 308 g/mol. The topological polar surface area (TPSA) is 99.9 Å². The Morgan fingerprint density at radius 3 is 2.27 bits per heavy atom. The Morgan fingerprint density at radius 1 is 1.09 bits per heavy atom. The maximum absolute atomic E-state index is 10.8. The van der Waals surface area contributed by atoms with Crippen molar-refractivity contribution >= 4 is 23.3 Å². The number of rotatable bonds is 6. The van der Waals surface area contributed by atoms with Gasteiger partial charge in [0.1, 0.15) is 18.1 Å². The maximum atomic E-state index is 10.8. The van der Waals surface area contributed by atoms with Gasteiger partial charge in [0.15, 0.2) is 0 Å². The number of nitrogens with two attached hydrogens (primary N) is 1. The first-order valence-corrected chi connectivity index (χ1v) is 6.90. The highest BCUT2D eigenvalue weighted by molar-refractivity contribution is 6.32. The van der Waals surface area contributed by atoms with Crippen molar-refractivity contribution in [3.8, 4) is 0 Å². The van der Waals surface area contributed by atoms with Gasteiger partial charge in [0.25, 0.3) is 5.69 Å². The molecule has 0 unspecified atom stereocenters. The molecule has 114 valence electrons. The van der Waals surface area contributed by atoms with E-state index in [9.17, 15) is 20.0 Å². The van der Waals surface area contributed by atoms with Crippen LogP contribution in [0.3, 0.4) is 0 Å². The van der Waals surface area contributed by atoms with Crippen LogP contribution in [-0.2, 0) is 13.1 Å². The highest BCUT2D eigenvalue weighted by Crippen LogP contribution is 2.24. The molecule has 2 aromatic rings. The SMILES string of the molecule is O=C([O-])c1ccc(C[NH2+]Cc2ccc(Cl)c([N+](=O)[O-])c2)cc1. The Hall–Kier alpha value is -2.44. The number of aromatic carboxylic acids is 1. The molecule has 22 heavy (non-hydrogen) atoms. The molecule has 2 aromatic carbocycles. The lowest BCUT2D eigenvalue weighted by Gasteiger charge is -2.05. The second-order valence-corrected chi connectivity index (χ2v) is 5.13. The van der Waals surface area contributed by atoms with Crippen molar-refractivity contribution in [2.45, 2.75) is 13.1 Å². The second-order valence-electron chi connectivity index (χ2n) is 4.72. The van der Waals surface area contributed by atoms with Gasteiger partial charge in [-0.25, -0.2) is 0 Å². The fourth-order valence-electron chi connectivity index (χ4n) is 2.01. The Bertz CT molecular complexity index is 701. The average Bonchev–Trinajstić information content (AvgIpc) is 2.49. The molecular formula is C15H13ClN2O4. The molecule has 2 rings (SSSR count). The number of quaternary nitrogens is 1. The molecule has 6 nitrogen and oxygen atoms in total. The number of nitro groups is 1. The molecule has 0 saturated carbocycles. The van der Waals surface area contributed by atoms with Crippen molar-refractivity contribution < 1.29 is 20.1 Å². The first-order chi connectivity index (χ1) is 10.5. The number of benzene rings is 2. The van der Waals surface area contributed by atoms with E-state index in [-0.39, 0.29) is 16.3 Å². The Morgan fingerprint density at radius 2 is 1.68 bits per heavy atom. The van der Waals surface area contributed by atoms with Crippen molar-refractivity contribution in [1.82, 2.24) is 0 Å². The van der Waals surface area contributed by atoms with E-state index in [4.69, 9.17) is 11.6 Å². The molecule has 0 fully saturated rings. The smallest absolute Gasteiger partial charge is 0.288 e. The van der Waals surface area contributed by atoms with Gasteiger partial charge in [0.05, 0.1) is 10.9 Å². The quantitative estimate of drug-likeness (QED) is 0.630. The van der Waals surface area contributed by atoms with Crippen LogP contribution in [-0.4, -0.2) is 10.9 Å². The fraction of sp³-hybridized carbons (Fsp3) is 0.133. The van der Waals surface area contributed by atoms with E-state index in [2.05, 4.69) is 0 Å². The first kappa shape index (κ1) is 15.9. The predicted molar refractivity (Wildman–Crippen MR) is 78.2 cm³/mol. The summed E-state index contributed by atoms with van der Waals surface area (Å²) in [6.45, 7) is 1.18. The normalized spacial score (nSPS) is 10.4. The lowest BCUT2D eigenvalue weighted by molar-refractivity contribution is -0.686. The van der Waals surface area contributed by atoms with Gasteiger partial charge in [-0.05, 0) is 11.6 Å². The molecule has 0 atom stereocenters. The zero-order valence-electron chi connectivity index (χ0n) is 11.5. The number of hydrogen-bond acceptors (Lipinski definition) is 4. The Kier molecular flexibility index (Phi) is 5.08. The zero-order valence-corrected chi connectivity index (χ0v) is 12.2. The molecule has 2 N–H and O–H groups in total. The van der Waals surface area contributed by atoms with Crippen LogP contribution in [0.15, 0.2) is 42.5 Å². The number of nitro benzene ring substituents is 1. The third kappa shape index (κ3) is 4.03. The number of carboxylic acid groups (broad SMARTS) is 1. The van der Waals surface area contributed by atoms with Crippen molar-refractivity contribution in [3.63, 3.8) is 0 Å². The molecule has 0 heterocycles. The lowest BCUT2D eigenvalue weighted by atomic mass is 10.1. The number of carboxylic acids is 1. The standard InChI is InChI=1S/C15H13ClN2O4/c16-13-6-3-11(7-14(13)18(21)22)9-17-8-10-1-4-12(5-2-10)15(19)20/h1-7,17H,8-9H2,(H,19,20). The maximum Gasteiger partial charge on any atom is 0.288 e. The van der Waals surface area contributed by atoms with Gasteiger partial charge < -0.3 is 15.2 Å². The van der Waals surface area contributed by atoms with Crippen LogP contribution in [0.4, 0.5) is 5.69 Å². The summed E-state index contributed by atoms with van der Waals surface area (Å²) in [5.74, 6) is -1.20. The van der Waals surface area contributed by atoms with Gasteiger partial charge in [0.2, 0.25) is 0 Å². The number of carbonyl (C=O) groups is 1. The lowest BCUT2D eigenvalue weighted by Crippen LogP contribution is -2.80. The highest BCUT2D eigenvalue weighted by atomic mass is 35.5. The molecule has 0 aliphatic carbocycles. The van der Waals surface area contributed by atoms with Crippen LogP contribution in [0.25, 0.3) is 0 Å². The predicted octanol–water partition coefficient (Wildman–Crippen LogP) is 0.875. The summed E-state index contributed by atoms with van der Waals surface area (Å²) in [4.78, 5) is 20.9. The van der Waals surface area contributed by atoms with E-state index in [1.54, 1.807) is 18.2 Å². The summed E-state index contributed by atoms with van der Waals surface area (Å²) in [5, 5.41) is 23.5. The van der Waals surface area contributed by atoms with E-state index in [1.807, 2.05) is 5.32 Å². The van der Waals surface area contributed by atoms with Crippen LogP contribution in [0, 0.1) is 10.1 Å². The van der Waals surface area contributed by atoms with Crippen LogP contribution in [0.2, 0.25) is 5.02 Å². The molecule has 0 aliphatic heterocycles. The van der Waals surface area contributed by atoms with E-state index in [0.717, 1.165) is 11.1 Å². The van der Waals surface area contributed by atoms with Gasteiger partial charge in [-0.15, -0.1) is 0 Å². The number of carbonyl (C=O) groups excluding carboxylic acids is 1. The summed E-state index contributed by atoms with van der Waals surface area (Å²) >= 11 is 5.76. The molecule has 0 bridgehead atoms. The highest BCUT2D eigenvalue weighted by Gasteiger charge is 2.13. The zero-order chi connectivity index (χ0) is 16.1. The largest absolute Gasteiger partial charge is 0.545 e. The van der Waals surface area contributed by atoms with Gasteiger partial charge in [-0.1, -0.05) is 41.9 Å². The van der Waals surface area contributed by atoms with Crippen molar-refractivity contribution in [2.24, 2.45) is 0 Å². The number of halogens is 1. The van der Waals surface area contributed by atoms with E-state index >= 15 is 0 Å². The third-order valence-corrected chi connectivity index (χ3v) is 3.48. The minimum Gasteiger partial charge on any atom is -0.545 e. The number of nitrogens with zero attached hydrogens (tertiary/aromatic N) is 1. The summed E-state index contributed by atoms with van der Waals surface area (Å²) < 4.78 is 0. The molecule has 0 spiro atoms. The average molecular weight is 321 g/mol. The van der Waals surface area contributed by atoms with Gasteiger partial charge >= 0.3 is 0 Å². The van der Waals surface area contributed by atoms with E-state index < -0.39 is 10.9 Å². The summed E-state index contributed by atoms with van der Waals surface area (Å²) in [6.07, 6.45) is 0. The third-order valence-electron chi connectivity index (χ3n) is 3.16. The van der Waals surface area contributed by atoms with E-state index in [0.29, 0.717) is 13.1 Å². The van der Waals surface area contributed by atoms with Crippen molar-refractivity contribution in [2.75, 3.05) is 0 Å². The van der Waals surface area contributed by atoms with Crippen LogP contribution in [0.1, 0.15) is 21.5 Å². The minimum absolute atomic E-state index is 0.106. The monoisotopic (exact) mass is 320 g/mol. The molecule has 0 aromatic heterocycles. The first-order valence-electron chi connectivity index (χ1n) is 6.52. The van der Waals surface area contributed by atoms with E-state index in [1.165, 1.54) is 24.3 Å². The number of hydrogen-bond donors (Lipinski definition) is 1. The minimum atomic E-state index is -1.20. The summed E-state index contributed by atoms with van der Waals surface area (Å²) in [5.41, 5.74) is 1.78. The Labute approximate surface area is 131 Å². The van der Waals surface area contributed by atoms with Crippen LogP contribution in [0.5, 0.6) is 0 Å². The molecule has 0 saturated heterocycles. The molecule has 0 amide bonds. The second kappa shape index (κ2) is 7.02. The molecule has 7 heteroatoms. The van der Waals surface area contributed by atoms with Crippen molar-refractivity contribution in [3.05, 3.63) is 74.3 Å².